The molecule has 1 N–H and O–H groups in total. The van der Waals surface area contributed by atoms with E-state index in [1.54, 1.807) is 45.4 Å². The molecule has 0 unspecified atom stereocenters. The first kappa shape index (κ1) is 19.3. The number of para-hydroxylation sites is 1. The molecular formula is C20H24N2O4. The maximum absolute atomic E-state index is 12.5. The molecule has 0 saturated heterocycles. The second kappa shape index (κ2) is 8.89. The number of amides is 1. The largest absolute Gasteiger partial charge is 0.497 e. The van der Waals surface area contributed by atoms with Gasteiger partial charge in [0.05, 0.1) is 31.6 Å². The molecule has 0 aliphatic carbocycles. The Morgan fingerprint density at radius 2 is 1.73 bits per heavy atom. The van der Waals surface area contributed by atoms with Crippen molar-refractivity contribution in [2.45, 2.75) is 26.9 Å². The van der Waals surface area contributed by atoms with Gasteiger partial charge in [0, 0.05) is 11.6 Å². The predicted molar refractivity (Wildman–Crippen MR) is 101 cm³/mol. The summed E-state index contributed by atoms with van der Waals surface area (Å²) in [5.74, 6) is 1.48. The zero-order chi connectivity index (χ0) is 19.1. The fraction of sp³-hybridized carbons (Fsp3) is 0.300. The Hall–Kier alpha value is -3.02. The lowest BCUT2D eigenvalue weighted by Gasteiger charge is -2.13. The summed E-state index contributed by atoms with van der Waals surface area (Å²) in [6.07, 6.45) is -0.0299. The molecule has 0 aliphatic rings. The van der Waals surface area contributed by atoms with E-state index in [1.807, 2.05) is 32.0 Å². The highest BCUT2D eigenvalue weighted by molar-refractivity contribution is 6.03. The van der Waals surface area contributed by atoms with E-state index in [1.165, 1.54) is 0 Å². The minimum atomic E-state index is -0.340. The summed E-state index contributed by atoms with van der Waals surface area (Å²) < 4.78 is 16.2. The van der Waals surface area contributed by atoms with Crippen LogP contribution in [0.25, 0.3) is 0 Å². The maximum atomic E-state index is 12.5. The Morgan fingerprint density at radius 1 is 1.00 bits per heavy atom. The van der Waals surface area contributed by atoms with Gasteiger partial charge in [-0.3, -0.25) is 4.79 Å². The topological polar surface area (TPSA) is 69.2 Å². The zero-order valence-corrected chi connectivity index (χ0v) is 15.7. The number of nitrogens with zero attached hydrogens (tertiary/aromatic N) is 1. The summed E-state index contributed by atoms with van der Waals surface area (Å²) >= 11 is 0. The lowest BCUT2D eigenvalue weighted by Crippen LogP contribution is -2.21. The Labute approximate surface area is 153 Å². The normalized spacial score (nSPS) is 11.2. The van der Waals surface area contributed by atoms with E-state index >= 15 is 0 Å². The minimum Gasteiger partial charge on any atom is -0.497 e. The maximum Gasteiger partial charge on any atom is 0.275 e. The standard InChI is InChI=1S/C20H24N2O4/c1-13(2)26-18-9-7-6-8-17(18)20(23)22-21-14(3)16-11-10-15(24-4)12-19(16)25-5/h6-13H,1-5H3,(H,22,23)/b21-14+. The second-order valence-corrected chi connectivity index (χ2v) is 5.87. The molecule has 1 amide bonds. The molecule has 6 nitrogen and oxygen atoms in total. The molecule has 138 valence electrons. The van der Waals surface area contributed by atoms with Crippen LogP contribution in [0.4, 0.5) is 0 Å². The van der Waals surface area contributed by atoms with Crippen molar-refractivity contribution in [3.05, 3.63) is 53.6 Å². The van der Waals surface area contributed by atoms with Crippen molar-refractivity contribution in [3.8, 4) is 17.2 Å². The van der Waals surface area contributed by atoms with E-state index in [2.05, 4.69) is 10.5 Å². The van der Waals surface area contributed by atoms with Gasteiger partial charge in [-0.15, -0.1) is 0 Å². The van der Waals surface area contributed by atoms with Gasteiger partial charge < -0.3 is 14.2 Å². The third kappa shape index (κ3) is 4.75. The van der Waals surface area contributed by atoms with Crippen LogP contribution in [0.5, 0.6) is 17.2 Å². The summed E-state index contributed by atoms with van der Waals surface area (Å²) in [5.41, 5.74) is 4.38. The molecule has 2 rings (SSSR count). The highest BCUT2D eigenvalue weighted by atomic mass is 16.5. The Kier molecular flexibility index (Phi) is 6.60. The van der Waals surface area contributed by atoms with Gasteiger partial charge in [-0.05, 0) is 45.0 Å². The molecule has 6 heteroatoms. The first-order chi connectivity index (χ1) is 12.5. The highest BCUT2D eigenvalue weighted by Gasteiger charge is 2.13. The van der Waals surface area contributed by atoms with Crippen molar-refractivity contribution < 1.29 is 19.0 Å². The SMILES string of the molecule is COc1ccc(/C(C)=N/NC(=O)c2ccccc2OC(C)C)c(OC)c1. The fourth-order valence-electron chi connectivity index (χ4n) is 2.36. The summed E-state index contributed by atoms with van der Waals surface area (Å²) in [4.78, 5) is 12.5. The fourth-order valence-corrected chi connectivity index (χ4v) is 2.36. The van der Waals surface area contributed by atoms with E-state index in [-0.39, 0.29) is 12.0 Å². The van der Waals surface area contributed by atoms with Crippen LogP contribution in [-0.4, -0.2) is 31.9 Å². The molecule has 0 atom stereocenters. The van der Waals surface area contributed by atoms with E-state index in [0.717, 1.165) is 5.56 Å². The van der Waals surface area contributed by atoms with Crippen LogP contribution in [-0.2, 0) is 0 Å². The molecule has 0 heterocycles. The number of hydrazone groups is 1. The molecule has 2 aromatic rings. The van der Waals surface area contributed by atoms with E-state index in [9.17, 15) is 4.79 Å². The average Bonchev–Trinajstić information content (AvgIpc) is 2.65. The van der Waals surface area contributed by atoms with Gasteiger partial charge in [0.25, 0.3) is 5.91 Å². The van der Waals surface area contributed by atoms with Crippen molar-refractivity contribution in [1.29, 1.82) is 0 Å². The molecule has 26 heavy (non-hydrogen) atoms. The molecule has 0 aliphatic heterocycles. The van der Waals surface area contributed by atoms with Gasteiger partial charge in [-0.2, -0.15) is 5.10 Å². The van der Waals surface area contributed by atoms with Gasteiger partial charge in [-0.25, -0.2) is 5.43 Å². The number of carbonyl (C=O) groups is 1. The molecule has 0 saturated carbocycles. The molecule has 2 aromatic carbocycles. The van der Waals surface area contributed by atoms with Gasteiger partial charge >= 0.3 is 0 Å². The van der Waals surface area contributed by atoms with Crippen LogP contribution < -0.4 is 19.6 Å². The van der Waals surface area contributed by atoms with E-state index in [0.29, 0.717) is 28.5 Å². The number of carbonyl (C=O) groups excluding carboxylic acids is 1. The second-order valence-electron chi connectivity index (χ2n) is 5.87. The monoisotopic (exact) mass is 356 g/mol. The Morgan fingerprint density at radius 3 is 2.38 bits per heavy atom. The lowest BCUT2D eigenvalue weighted by atomic mass is 10.1. The molecule has 0 bridgehead atoms. The summed E-state index contributed by atoms with van der Waals surface area (Å²) in [6, 6.07) is 12.5. The number of methoxy groups -OCH3 is 2. The van der Waals surface area contributed by atoms with Crippen LogP contribution in [0.15, 0.2) is 47.6 Å². The summed E-state index contributed by atoms with van der Waals surface area (Å²) in [6.45, 7) is 5.61. The van der Waals surface area contributed by atoms with Crippen LogP contribution in [0.1, 0.15) is 36.7 Å². The van der Waals surface area contributed by atoms with Crippen LogP contribution in [0.3, 0.4) is 0 Å². The van der Waals surface area contributed by atoms with Crippen LogP contribution >= 0.6 is 0 Å². The zero-order valence-electron chi connectivity index (χ0n) is 15.7. The van der Waals surface area contributed by atoms with Crippen molar-refractivity contribution in [2.75, 3.05) is 14.2 Å². The first-order valence-electron chi connectivity index (χ1n) is 8.29. The Balaban J connectivity index is 2.20. The van der Waals surface area contributed by atoms with Crippen molar-refractivity contribution in [2.24, 2.45) is 5.10 Å². The number of rotatable bonds is 7. The number of ether oxygens (including phenoxy) is 3. The van der Waals surface area contributed by atoms with Gasteiger partial charge in [-0.1, -0.05) is 12.1 Å². The highest BCUT2D eigenvalue weighted by Crippen LogP contribution is 2.25. The molecular weight excluding hydrogens is 332 g/mol. The number of nitrogens with one attached hydrogen (secondary N) is 1. The number of benzene rings is 2. The third-order valence-corrected chi connectivity index (χ3v) is 3.62. The summed E-state index contributed by atoms with van der Waals surface area (Å²) in [7, 11) is 3.16. The lowest BCUT2D eigenvalue weighted by molar-refractivity contribution is 0.0949. The van der Waals surface area contributed by atoms with Crippen LogP contribution in [0, 0.1) is 0 Å². The van der Waals surface area contributed by atoms with Crippen molar-refractivity contribution in [3.63, 3.8) is 0 Å². The predicted octanol–water partition coefficient (Wildman–Crippen LogP) is 3.65. The number of hydrogen-bond acceptors (Lipinski definition) is 5. The molecule has 0 fully saturated rings. The van der Waals surface area contributed by atoms with Crippen molar-refractivity contribution in [1.82, 2.24) is 5.43 Å². The van der Waals surface area contributed by atoms with Crippen molar-refractivity contribution >= 4 is 11.6 Å². The minimum absolute atomic E-state index is 0.0299. The van der Waals surface area contributed by atoms with Gasteiger partial charge in [0.15, 0.2) is 0 Å². The van der Waals surface area contributed by atoms with E-state index < -0.39 is 0 Å². The quantitative estimate of drug-likeness (QED) is 0.607. The van der Waals surface area contributed by atoms with Crippen LogP contribution in [0.2, 0.25) is 0 Å². The molecule has 0 spiro atoms. The van der Waals surface area contributed by atoms with E-state index in [4.69, 9.17) is 14.2 Å². The summed E-state index contributed by atoms with van der Waals surface area (Å²) in [5, 5.41) is 4.20. The third-order valence-electron chi connectivity index (χ3n) is 3.62. The Bertz CT molecular complexity index is 800. The molecule has 0 aromatic heterocycles. The van der Waals surface area contributed by atoms with Gasteiger partial charge in [0.2, 0.25) is 0 Å². The number of hydrogen-bond donors (Lipinski definition) is 1. The average molecular weight is 356 g/mol. The first-order valence-corrected chi connectivity index (χ1v) is 8.29. The molecule has 0 radical (unpaired) electrons. The van der Waals surface area contributed by atoms with Gasteiger partial charge in [0.1, 0.15) is 17.2 Å². The smallest absolute Gasteiger partial charge is 0.275 e.